The molecule has 1 aromatic carbocycles. The minimum absolute atomic E-state index is 0.160. The monoisotopic (exact) mass is 269 g/mol. The third-order valence-corrected chi connectivity index (χ3v) is 3.35. The average Bonchev–Trinajstić information content (AvgIpc) is 2.84. The van der Waals surface area contributed by atoms with Gasteiger partial charge in [-0.3, -0.25) is 4.79 Å². The van der Waals surface area contributed by atoms with Crippen molar-refractivity contribution in [3.63, 3.8) is 0 Å². The van der Waals surface area contributed by atoms with Gasteiger partial charge in [0.2, 0.25) is 5.56 Å². The van der Waals surface area contributed by atoms with Crippen LogP contribution in [0.1, 0.15) is 11.1 Å². The topological polar surface area (TPSA) is 55.2 Å². The predicted molar refractivity (Wildman–Crippen MR) is 78.3 cm³/mol. The maximum absolute atomic E-state index is 11.8. The molecule has 0 radical (unpaired) electrons. The Morgan fingerprint density at radius 2 is 1.95 bits per heavy atom. The van der Waals surface area contributed by atoms with Gasteiger partial charge in [-0.1, -0.05) is 0 Å². The Bertz CT molecular complexity index is 843. The molecule has 4 nitrogen and oxygen atoms in total. The zero-order valence-corrected chi connectivity index (χ0v) is 11.6. The summed E-state index contributed by atoms with van der Waals surface area (Å²) in [7, 11) is 1.62. The SMILES string of the molecule is COc1cc2[nH]c(=O)cc(-c3cc(C)co3)c2cc1C. The summed E-state index contributed by atoms with van der Waals surface area (Å²) in [5.41, 5.74) is 3.41. The van der Waals surface area contributed by atoms with Crippen molar-refractivity contribution in [1.29, 1.82) is 0 Å². The highest BCUT2D eigenvalue weighted by molar-refractivity contribution is 5.94. The summed E-state index contributed by atoms with van der Waals surface area (Å²) >= 11 is 0. The van der Waals surface area contributed by atoms with Crippen LogP contribution >= 0.6 is 0 Å². The van der Waals surface area contributed by atoms with E-state index >= 15 is 0 Å². The van der Waals surface area contributed by atoms with E-state index in [1.165, 1.54) is 0 Å². The minimum Gasteiger partial charge on any atom is -0.496 e. The van der Waals surface area contributed by atoms with Crippen LogP contribution in [-0.4, -0.2) is 12.1 Å². The second-order valence-corrected chi connectivity index (χ2v) is 4.90. The van der Waals surface area contributed by atoms with E-state index in [0.29, 0.717) is 5.76 Å². The summed E-state index contributed by atoms with van der Waals surface area (Å²) in [6.07, 6.45) is 1.68. The van der Waals surface area contributed by atoms with E-state index in [1.54, 1.807) is 19.4 Å². The fraction of sp³-hybridized carbons (Fsp3) is 0.188. The highest BCUT2D eigenvalue weighted by atomic mass is 16.5. The highest BCUT2D eigenvalue weighted by Gasteiger charge is 2.11. The third kappa shape index (κ3) is 1.99. The van der Waals surface area contributed by atoms with Gasteiger partial charge in [0.15, 0.2) is 0 Å². The molecule has 0 atom stereocenters. The van der Waals surface area contributed by atoms with Crippen LogP contribution in [0, 0.1) is 13.8 Å². The van der Waals surface area contributed by atoms with Crippen molar-refractivity contribution in [2.24, 2.45) is 0 Å². The second-order valence-electron chi connectivity index (χ2n) is 4.90. The van der Waals surface area contributed by atoms with Gasteiger partial charge in [0.1, 0.15) is 11.5 Å². The number of methoxy groups -OCH3 is 1. The summed E-state index contributed by atoms with van der Waals surface area (Å²) < 4.78 is 10.8. The summed E-state index contributed by atoms with van der Waals surface area (Å²) in [5, 5.41) is 0.942. The molecule has 0 aliphatic heterocycles. The van der Waals surface area contributed by atoms with Crippen molar-refractivity contribution in [3.8, 4) is 17.1 Å². The van der Waals surface area contributed by atoms with Gasteiger partial charge in [0.25, 0.3) is 0 Å². The van der Waals surface area contributed by atoms with Gasteiger partial charge < -0.3 is 14.1 Å². The normalized spacial score (nSPS) is 10.9. The second kappa shape index (κ2) is 4.56. The lowest BCUT2D eigenvalue weighted by molar-refractivity contribution is 0.412. The number of nitrogens with one attached hydrogen (secondary N) is 1. The van der Waals surface area contributed by atoms with Gasteiger partial charge in [-0.05, 0) is 37.1 Å². The van der Waals surface area contributed by atoms with E-state index in [-0.39, 0.29) is 5.56 Å². The molecule has 2 aromatic heterocycles. The smallest absolute Gasteiger partial charge is 0.249 e. The molecular weight excluding hydrogens is 254 g/mol. The largest absolute Gasteiger partial charge is 0.496 e. The van der Waals surface area contributed by atoms with E-state index < -0.39 is 0 Å². The molecule has 2 heterocycles. The van der Waals surface area contributed by atoms with E-state index in [2.05, 4.69) is 4.98 Å². The molecular formula is C16H15NO3. The fourth-order valence-electron chi connectivity index (χ4n) is 2.39. The molecule has 0 aliphatic rings. The zero-order chi connectivity index (χ0) is 14.3. The fourth-order valence-corrected chi connectivity index (χ4v) is 2.39. The number of rotatable bonds is 2. The maximum Gasteiger partial charge on any atom is 0.249 e. The molecule has 0 saturated heterocycles. The number of benzene rings is 1. The van der Waals surface area contributed by atoms with Crippen molar-refractivity contribution in [1.82, 2.24) is 4.98 Å². The Balaban J connectivity index is 2.37. The molecule has 0 saturated carbocycles. The Morgan fingerprint density at radius 1 is 1.15 bits per heavy atom. The van der Waals surface area contributed by atoms with E-state index in [4.69, 9.17) is 9.15 Å². The molecule has 20 heavy (non-hydrogen) atoms. The molecule has 1 N–H and O–H groups in total. The Kier molecular flexibility index (Phi) is 2.86. The summed E-state index contributed by atoms with van der Waals surface area (Å²) in [4.78, 5) is 14.7. The van der Waals surface area contributed by atoms with E-state index in [1.807, 2.05) is 32.0 Å². The van der Waals surface area contributed by atoms with Crippen LogP contribution in [0.15, 0.2) is 39.7 Å². The first-order chi connectivity index (χ1) is 9.58. The highest BCUT2D eigenvalue weighted by Crippen LogP contribution is 2.31. The molecule has 0 bridgehead atoms. The first kappa shape index (κ1) is 12.5. The molecule has 0 spiro atoms. The van der Waals surface area contributed by atoms with Crippen molar-refractivity contribution >= 4 is 10.9 Å². The van der Waals surface area contributed by atoms with Crippen LogP contribution < -0.4 is 10.3 Å². The maximum atomic E-state index is 11.8. The molecule has 0 unspecified atom stereocenters. The molecule has 4 heteroatoms. The molecule has 0 fully saturated rings. The number of hydrogen-bond acceptors (Lipinski definition) is 3. The van der Waals surface area contributed by atoms with Gasteiger partial charge in [-0.2, -0.15) is 0 Å². The predicted octanol–water partition coefficient (Wildman–Crippen LogP) is 3.41. The van der Waals surface area contributed by atoms with Crippen LogP contribution in [0.2, 0.25) is 0 Å². The third-order valence-electron chi connectivity index (χ3n) is 3.35. The van der Waals surface area contributed by atoms with Crippen molar-refractivity contribution in [3.05, 3.63) is 52.0 Å². The first-order valence-electron chi connectivity index (χ1n) is 6.35. The lowest BCUT2D eigenvalue weighted by Crippen LogP contribution is -2.05. The van der Waals surface area contributed by atoms with E-state index in [0.717, 1.165) is 33.3 Å². The quantitative estimate of drug-likeness (QED) is 0.775. The lowest BCUT2D eigenvalue weighted by atomic mass is 10.0. The molecule has 0 amide bonds. The number of furan rings is 1. The number of aryl methyl sites for hydroxylation is 2. The number of aromatic amines is 1. The number of pyridine rings is 1. The van der Waals surface area contributed by atoms with Crippen molar-refractivity contribution in [2.45, 2.75) is 13.8 Å². The van der Waals surface area contributed by atoms with Crippen LogP contribution in [0.3, 0.4) is 0 Å². The van der Waals surface area contributed by atoms with Crippen LogP contribution in [0.4, 0.5) is 0 Å². The lowest BCUT2D eigenvalue weighted by Gasteiger charge is -2.09. The molecule has 102 valence electrons. The average molecular weight is 269 g/mol. The van der Waals surface area contributed by atoms with Gasteiger partial charge in [-0.25, -0.2) is 0 Å². The number of ether oxygens (including phenoxy) is 1. The van der Waals surface area contributed by atoms with E-state index in [9.17, 15) is 4.79 Å². The Hall–Kier alpha value is -2.49. The first-order valence-corrected chi connectivity index (χ1v) is 6.35. The number of fused-ring (bicyclic) bond motifs is 1. The van der Waals surface area contributed by atoms with Gasteiger partial charge in [0, 0.05) is 23.1 Å². The van der Waals surface area contributed by atoms with Gasteiger partial charge in [-0.15, -0.1) is 0 Å². The molecule has 0 aliphatic carbocycles. The van der Waals surface area contributed by atoms with Crippen LogP contribution in [-0.2, 0) is 0 Å². The van der Waals surface area contributed by atoms with Crippen LogP contribution in [0.5, 0.6) is 5.75 Å². The van der Waals surface area contributed by atoms with Crippen molar-refractivity contribution in [2.75, 3.05) is 7.11 Å². The number of aromatic nitrogens is 1. The number of hydrogen-bond donors (Lipinski definition) is 1. The summed E-state index contributed by atoms with van der Waals surface area (Å²) in [5.74, 6) is 1.45. The van der Waals surface area contributed by atoms with Gasteiger partial charge in [0.05, 0.1) is 18.9 Å². The minimum atomic E-state index is -0.160. The number of H-pyrrole nitrogens is 1. The zero-order valence-electron chi connectivity index (χ0n) is 11.6. The van der Waals surface area contributed by atoms with Gasteiger partial charge >= 0.3 is 0 Å². The standard InChI is InChI=1S/C16H15NO3/c1-9-4-15(20-8-9)12-6-16(18)17-13-7-14(19-3)10(2)5-11(12)13/h4-8H,1-3H3,(H,17,18). The Labute approximate surface area is 116 Å². The molecule has 3 aromatic rings. The summed E-state index contributed by atoms with van der Waals surface area (Å²) in [6.45, 7) is 3.93. The Morgan fingerprint density at radius 3 is 2.60 bits per heavy atom. The van der Waals surface area contributed by atoms with Crippen LogP contribution in [0.25, 0.3) is 22.2 Å². The summed E-state index contributed by atoms with van der Waals surface area (Å²) in [6, 6.07) is 7.32. The van der Waals surface area contributed by atoms with Crippen molar-refractivity contribution < 1.29 is 9.15 Å². The molecule has 3 rings (SSSR count).